The summed E-state index contributed by atoms with van der Waals surface area (Å²) in [5.74, 6) is 1.09. The topological polar surface area (TPSA) is 17.1 Å². The molecule has 0 radical (unpaired) electrons. The van der Waals surface area contributed by atoms with Crippen molar-refractivity contribution in [2.24, 2.45) is 11.8 Å². The van der Waals surface area contributed by atoms with Crippen molar-refractivity contribution >= 4 is 6.29 Å². The minimum atomic E-state index is 0.214. The van der Waals surface area contributed by atoms with Crippen molar-refractivity contribution in [2.75, 3.05) is 0 Å². The largest absolute Gasteiger partial charge is 0.303 e. The lowest BCUT2D eigenvalue weighted by molar-refractivity contribution is -0.110. The molecule has 1 nitrogen and oxygen atoms in total. The average Bonchev–Trinajstić information content (AvgIpc) is 2.62. The van der Waals surface area contributed by atoms with Crippen LogP contribution in [0.4, 0.5) is 0 Å². The maximum Gasteiger partial charge on any atom is 0.123 e. The molecule has 0 heterocycles. The van der Waals surface area contributed by atoms with Gasteiger partial charge in [0.05, 0.1) is 0 Å². The van der Waals surface area contributed by atoms with Gasteiger partial charge < -0.3 is 4.79 Å². The van der Waals surface area contributed by atoms with Crippen LogP contribution in [0.25, 0.3) is 0 Å². The lowest BCUT2D eigenvalue weighted by atomic mass is 9.95. The van der Waals surface area contributed by atoms with E-state index in [1.165, 1.54) is 37.7 Å². The number of hydrogen-bond donors (Lipinski definition) is 0. The van der Waals surface area contributed by atoms with Crippen molar-refractivity contribution in [1.82, 2.24) is 0 Å². The summed E-state index contributed by atoms with van der Waals surface area (Å²) in [4.78, 5) is 10.5. The molecular weight excluding hydrogens is 172 g/mol. The van der Waals surface area contributed by atoms with E-state index in [2.05, 4.69) is 13.0 Å². The number of carbonyl (C=O) groups is 1. The lowest BCUT2D eigenvalue weighted by Crippen LogP contribution is -1.99. The maximum atomic E-state index is 10.5. The predicted molar refractivity (Wildman–Crippen MR) is 60.2 cm³/mol. The molecule has 14 heavy (non-hydrogen) atoms. The minimum absolute atomic E-state index is 0.214. The Balaban J connectivity index is 2.22. The second-order valence-electron chi connectivity index (χ2n) is 4.63. The van der Waals surface area contributed by atoms with Crippen molar-refractivity contribution < 1.29 is 4.79 Å². The average molecular weight is 194 g/mol. The number of allylic oxidation sites excluding steroid dienone is 2. The van der Waals surface area contributed by atoms with Gasteiger partial charge in [0.25, 0.3) is 0 Å². The van der Waals surface area contributed by atoms with Crippen LogP contribution in [0.5, 0.6) is 0 Å². The first kappa shape index (κ1) is 11.5. The van der Waals surface area contributed by atoms with Crippen LogP contribution in [-0.2, 0) is 4.79 Å². The van der Waals surface area contributed by atoms with Crippen LogP contribution < -0.4 is 0 Å². The summed E-state index contributed by atoms with van der Waals surface area (Å²) < 4.78 is 0. The third kappa shape index (κ3) is 3.65. The third-order valence-corrected chi connectivity index (χ3v) is 3.07. The highest BCUT2D eigenvalue weighted by molar-refractivity contribution is 5.53. The van der Waals surface area contributed by atoms with Gasteiger partial charge in [0.1, 0.15) is 6.29 Å². The molecule has 1 rings (SSSR count). The zero-order chi connectivity index (χ0) is 10.4. The first-order valence-corrected chi connectivity index (χ1v) is 5.89. The standard InChI is InChI=1S/C13H22O/c1-3-4-5-12-6-7-13(9-12)8-11(2)10-14/h7,10-12H,3-6,8-9H2,1-2H3. The molecule has 0 spiro atoms. The molecule has 0 aromatic carbocycles. The monoisotopic (exact) mass is 194 g/mol. The Morgan fingerprint density at radius 2 is 2.43 bits per heavy atom. The van der Waals surface area contributed by atoms with Gasteiger partial charge in [0, 0.05) is 5.92 Å². The smallest absolute Gasteiger partial charge is 0.123 e. The van der Waals surface area contributed by atoms with Gasteiger partial charge in [-0.25, -0.2) is 0 Å². The van der Waals surface area contributed by atoms with E-state index in [4.69, 9.17) is 0 Å². The second kappa shape index (κ2) is 6.00. The SMILES string of the molecule is CCCCC1CC=C(CC(C)C=O)C1. The van der Waals surface area contributed by atoms with Crippen LogP contribution in [-0.4, -0.2) is 6.29 Å². The predicted octanol–water partition coefficient (Wildman–Crippen LogP) is 3.74. The highest BCUT2D eigenvalue weighted by atomic mass is 16.1. The Hall–Kier alpha value is -0.590. The van der Waals surface area contributed by atoms with Gasteiger partial charge in [-0.05, 0) is 31.6 Å². The van der Waals surface area contributed by atoms with Gasteiger partial charge in [0.2, 0.25) is 0 Å². The molecule has 0 N–H and O–H groups in total. The maximum absolute atomic E-state index is 10.5. The van der Waals surface area contributed by atoms with Crippen molar-refractivity contribution in [3.63, 3.8) is 0 Å². The second-order valence-corrected chi connectivity index (χ2v) is 4.63. The summed E-state index contributed by atoms with van der Waals surface area (Å²) in [6, 6.07) is 0. The molecule has 1 aliphatic rings. The van der Waals surface area contributed by atoms with Gasteiger partial charge in [0.15, 0.2) is 0 Å². The van der Waals surface area contributed by atoms with E-state index in [0.717, 1.165) is 18.6 Å². The van der Waals surface area contributed by atoms with E-state index in [1.54, 1.807) is 0 Å². The number of aldehydes is 1. The summed E-state index contributed by atoms with van der Waals surface area (Å²) in [7, 11) is 0. The Morgan fingerprint density at radius 3 is 3.07 bits per heavy atom. The Bertz CT molecular complexity index is 205. The molecule has 0 saturated carbocycles. The van der Waals surface area contributed by atoms with E-state index in [-0.39, 0.29) is 5.92 Å². The van der Waals surface area contributed by atoms with E-state index in [0.29, 0.717) is 0 Å². The molecule has 80 valence electrons. The van der Waals surface area contributed by atoms with Crippen LogP contribution in [0.2, 0.25) is 0 Å². The van der Waals surface area contributed by atoms with E-state index >= 15 is 0 Å². The van der Waals surface area contributed by atoms with Crippen LogP contribution in [0, 0.1) is 11.8 Å². The van der Waals surface area contributed by atoms with Crippen LogP contribution in [0.1, 0.15) is 52.4 Å². The Morgan fingerprint density at radius 1 is 1.64 bits per heavy atom. The van der Waals surface area contributed by atoms with Gasteiger partial charge in [-0.2, -0.15) is 0 Å². The van der Waals surface area contributed by atoms with Gasteiger partial charge in [-0.3, -0.25) is 0 Å². The molecule has 2 atom stereocenters. The summed E-state index contributed by atoms with van der Waals surface area (Å²) >= 11 is 0. The number of hydrogen-bond acceptors (Lipinski definition) is 1. The fraction of sp³-hybridized carbons (Fsp3) is 0.769. The van der Waals surface area contributed by atoms with Crippen LogP contribution in [0.3, 0.4) is 0 Å². The minimum Gasteiger partial charge on any atom is -0.303 e. The van der Waals surface area contributed by atoms with Crippen LogP contribution >= 0.6 is 0 Å². The summed E-state index contributed by atoms with van der Waals surface area (Å²) in [5.41, 5.74) is 1.52. The Kier molecular flexibility index (Phi) is 4.92. The highest BCUT2D eigenvalue weighted by Gasteiger charge is 2.17. The molecule has 0 amide bonds. The molecule has 2 unspecified atom stereocenters. The van der Waals surface area contributed by atoms with Crippen molar-refractivity contribution in [2.45, 2.75) is 52.4 Å². The molecule has 1 heteroatoms. The first-order valence-electron chi connectivity index (χ1n) is 5.89. The first-order chi connectivity index (χ1) is 6.76. The summed E-state index contributed by atoms with van der Waals surface area (Å²) in [5, 5.41) is 0. The van der Waals surface area contributed by atoms with Gasteiger partial charge in [-0.15, -0.1) is 0 Å². The Labute approximate surface area is 87.6 Å². The molecule has 0 aromatic rings. The fourth-order valence-corrected chi connectivity index (χ4v) is 2.21. The summed E-state index contributed by atoms with van der Waals surface area (Å²) in [6.45, 7) is 4.25. The summed E-state index contributed by atoms with van der Waals surface area (Å²) in [6.07, 6.45) is 10.9. The number of unbranched alkanes of at least 4 members (excludes halogenated alkanes) is 1. The fourth-order valence-electron chi connectivity index (χ4n) is 2.21. The zero-order valence-electron chi connectivity index (χ0n) is 9.46. The molecule has 0 fully saturated rings. The normalized spacial score (nSPS) is 23.3. The van der Waals surface area contributed by atoms with Crippen molar-refractivity contribution in [3.8, 4) is 0 Å². The molecule has 0 aliphatic heterocycles. The van der Waals surface area contributed by atoms with Crippen molar-refractivity contribution in [3.05, 3.63) is 11.6 Å². The molecule has 0 bridgehead atoms. The quantitative estimate of drug-likeness (QED) is 0.465. The van der Waals surface area contributed by atoms with Gasteiger partial charge in [-0.1, -0.05) is 38.3 Å². The molecule has 0 saturated heterocycles. The molecule has 0 aromatic heterocycles. The number of carbonyl (C=O) groups excluding carboxylic acids is 1. The van der Waals surface area contributed by atoms with E-state index in [9.17, 15) is 4.79 Å². The van der Waals surface area contributed by atoms with Crippen molar-refractivity contribution in [1.29, 1.82) is 0 Å². The molecule has 1 aliphatic carbocycles. The van der Waals surface area contributed by atoms with Crippen LogP contribution in [0.15, 0.2) is 11.6 Å². The zero-order valence-corrected chi connectivity index (χ0v) is 9.46. The number of rotatable bonds is 6. The lowest BCUT2D eigenvalue weighted by Gasteiger charge is -2.10. The van der Waals surface area contributed by atoms with E-state index < -0.39 is 0 Å². The highest BCUT2D eigenvalue weighted by Crippen LogP contribution is 2.32. The molecular formula is C13H22O. The van der Waals surface area contributed by atoms with E-state index in [1.807, 2.05) is 6.92 Å². The van der Waals surface area contributed by atoms with Gasteiger partial charge >= 0.3 is 0 Å². The third-order valence-electron chi connectivity index (χ3n) is 3.07.